The highest BCUT2D eigenvalue weighted by Gasteiger charge is 1.90. The molecule has 0 aliphatic carbocycles. The second-order valence-electron chi connectivity index (χ2n) is 5.20. The molecular formula is C17H31NO. The Kier molecular flexibility index (Phi) is 16.3. The number of unbranched alkanes of at least 4 members (excludes halogenated alkanes) is 10. The van der Waals surface area contributed by atoms with Crippen LogP contribution in [0.5, 0.6) is 0 Å². The van der Waals surface area contributed by atoms with Crippen LogP contribution in [0.15, 0.2) is 17.1 Å². The van der Waals surface area contributed by atoms with Gasteiger partial charge >= 0.3 is 0 Å². The third kappa shape index (κ3) is 17.1. The summed E-state index contributed by atoms with van der Waals surface area (Å²) in [5, 5.41) is 0. The number of hydrogen-bond acceptors (Lipinski definition) is 2. The Balaban J connectivity index is 3.05. The van der Waals surface area contributed by atoms with Gasteiger partial charge in [0.1, 0.15) is 0 Å². The van der Waals surface area contributed by atoms with E-state index in [9.17, 15) is 4.79 Å². The summed E-state index contributed by atoms with van der Waals surface area (Å²) in [5.41, 5.74) is 0. The van der Waals surface area contributed by atoms with Gasteiger partial charge in [0.2, 0.25) is 6.08 Å². The van der Waals surface area contributed by atoms with Gasteiger partial charge in [-0.25, -0.2) is 9.79 Å². The van der Waals surface area contributed by atoms with Crippen molar-refractivity contribution in [2.75, 3.05) is 6.54 Å². The van der Waals surface area contributed by atoms with Crippen molar-refractivity contribution in [2.45, 2.75) is 84.0 Å². The van der Waals surface area contributed by atoms with Crippen molar-refractivity contribution in [1.82, 2.24) is 0 Å². The second-order valence-corrected chi connectivity index (χ2v) is 5.20. The second kappa shape index (κ2) is 17.1. The zero-order chi connectivity index (χ0) is 14.0. The number of isocyanates is 1. The quantitative estimate of drug-likeness (QED) is 0.174. The van der Waals surface area contributed by atoms with Crippen molar-refractivity contribution >= 4 is 6.08 Å². The van der Waals surface area contributed by atoms with E-state index < -0.39 is 0 Å². The van der Waals surface area contributed by atoms with Crippen molar-refractivity contribution in [1.29, 1.82) is 0 Å². The van der Waals surface area contributed by atoms with E-state index in [1.165, 1.54) is 70.6 Å². The predicted molar refractivity (Wildman–Crippen MR) is 83.2 cm³/mol. The molecule has 0 atom stereocenters. The molecule has 0 aromatic carbocycles. The molecule has 0 amide bonds. The summed E-state index contributed by atoms with van der Waals surface area (Å²) < 4.78 is 0. The number of nitrogens with zero attached hydrogens (tertiary/aromatic N) is 1. The number of aliphatic imine (C=N–C) groups is 1. The minimum atomic E-state index is 0.657. The topological polar surface area (TPSA) is 29.4 Å². The average Bonchev–Trinajstić information content (AvgIpc) is 2.43. The SMILES string of the molecule is CCCCCC/C=C\CCCCCCCCN=C=O. The molecule has 0 saturated heterocycles. The number of carbonyl (C=O) groups excluding carboxylic acids is 1. The Morgan fingerprint density at radius 3 is 1.89 bits per heavy atom. The summed E-state index contributed by atoms with van der Waals surface area (Å²) in [5.74, 6) is 0. The van der Waals surface area contributed by atoms with Crippen molar-refractivity contribution in [3.63, 3.8) is 0 Å². The van der Waals surface area contributed by atoms with E-state index in [0.717, 1.165) is 6.42 Å². The minimum absolute atomic E-state index is 0.657. The lowest BCUT2D eigenvalue weighted by Crippen LogP contribution is -1.83. The maximum atomic E-state index is 9.84. The summed E-state index contributed by atoms with van der Waals surface area (Å²) in [7, 11) is 0. The molecule has 2 nitrogen and oxygen atoms in total. The van der Waals surface area contributed by atoms with Crippen LogP contribution in [0.2, 0.25) is 0 Å². The Bertz CT molecular complexity index is 242. The van der Waals surface area contributed by atoms with Gasteiger partial charge in [-0.15, -0.1) is 0 Å². The van der Waals surface area contributed by atoms with Crippen LogP contribution in [0, 0.1) is 0 Å². The molecule has 0 N–H and O–H groups in total. The molecule has 0 heterocycles. The van der Waals surface area contributed by atoms with Crippen molar-refractivity contribution in [3.8, 4) is 0 Å². The molecule has 0 fully saturated rings. The van der Waals surface area contributed by atoms with E-state index in [2.05, 4.69) is 24.1 Å². The van der Waals surface area contributed by atoms with Crippen LogP contribution in [0.4, 0.5) is 0 Å². The van der Waals surface area contributed by atoms with E-state index in [1.807, 2.05) is 0 Å². The number of hydrogen-bond donors (Lipinski definition) is 0. The first kappa shape index (κ1) is 18.1. The first-order valence-electron chi connectivity index (χ1n) is 8.10. The molecule has 0 saturated carbocycles. The third-order valence-electron chi connectivity index (χ3n) is 3.35. The molecule has 0 aliphatic heterocycles. The molecular weight excluding hydrogens is 234 g/mol. The van der Waals surface area contributed by atoms with Gasteiger partial charge in [0.25, 0.3) is 0 Å². The lowest BCUT2D eigenvalue weighted by Gasteiger charge is -1.99. The van der Waals surface area contributed by atoms with Gasteiger partial charge in [0, 0.05) is 0 Å². The van der Waals surface area contributed by atoms with E-state index in [4.69, 9.17) is 0 Å². The summed E-state index contributed by atoms with van der Waals surface area (Å²) in [6.07, 6.45) is 21.7. The highest BCUT2D eigenvalue weighted by Crippen LogP contribution is 2.08. The van der Waals surface area contributed by atoms with E-state index >= 15 is 0 Å². The molecule has 0 aromatic heterocycles. The summed E-state index contributed by atoms with van der Waals surface area (Å²) in [6.45, 7) is 2.91. The first-order valence-corrected chi connectivity index (χ1v) is 8.10. The largest absolute Gasteiger partial charge is 0.234 e. The maximum Gasteiger partial charge on any atom is 0.234 e. The van der Waals surface area contributed by atoms with Gasteiger partial charge in [-0.1, -0.05) is 64.0 Å². The fourth-order valence-electron chi connectivity index (χ4n) is 2.13. The third-order valence-corrected chi connectivity index (χ3v) is 3.35. The molecule has 0 bridgehead atoms. The normalized spacial score (nSPS) is 10.8. The average molecular weight is 265 g/mol. The van der Waals surface area contributed by atoms with Crippen LogP contribution >= 0.6 is 0 Å². The smallest absolute Gasteiger partial charge is 0.211 e. The Labute approximate surface area is 119 Å². The van der Waals surface area contributed by atoms with Gasteiger partial charge in [0.15, 0.2) is 0 Å². The van der Waals surface area contributed by atoms with Crippen molar-refractivity contribution < 1.29 is 4.79 Å². The number of rotatable bonds is 14. The zero-order valence-electron chi connectivity index (χ0n) is 12.7. The fourth-order valence-corrected chi connectivity index (χ4v) is 2.13. The predicted octanol–water partition coefficient (Wildman–Crippen LogP) is 5.58. The van der Waals surface area contributed by atoms with Gasteiger partial charge in [-0.05, 0) is 32.1 Å². The molecule has 0 radical (unpaired) electrons. The molecule has 0 aliphatic rings. The lowest BCUT2D eigenvalue weighted by atomic mass is 10.1. The summed E-state index contributed by atoms with van der Waals surface area (Å²) >= 11 is 0. The molecule has 2 heteroatoms. The first-order chi connectivity index (χ1) is 9.41. The van der Waals surface area contributed by atoms with Gasteiger partial charge in [0.05, 0.1) is 6.54 Å². The van der Waals surface area contributed by atoms with Crippen LogP contribution in [0.3, 0.4) is 0 Å². The molecule has 0 aromatic rings. The minimum Gasteiger partial charge on any atom is -0.211 e. The molecule has 0 rings (SSSR count). The van der Waals surface area contributed by atoms with Crippen LogP contribution < -0.4 is 0 Å². The van der Waals surface area contributed by atoms with Crippen LogP contribution in [-0.2, 0) is 4.79 Å². The van der Waals surface area contributed by atoms with Crippen LogP contribution in [0.25, 0.3) is 0 Å². The Morgan fingerprint density at radius 2 is 1.32 bits per heavy atom. The van der Waals surface area contributed by atoms with Crippen molar-refractivity contribution in [2.24, 2.45) is 4.99 Å². The highest BCUT2D eigenvalue weighted by atomic mass is 16.1. The molecule has 19 heavy (non-hydrogen) atoms. The van der Waals surface area contributed by atoms with Crippen molar-refractivity contribution in [3.05, 3.63) is 12.2 Å². The zero-order valence-corrected chi connectivity index (χ0v) is 12.7. The summed E-state index contributed by atoms with van der Waals surface area (Å²) in [4.78, 5) is 13.4. The maximum absolute atomic E-state index is 9.84. The molecule has 0 unspecified atom stereocenters. The standard InChI is InChI=1S/C17H31NO/c1-2-3-4-5-6-7-8-9-10-11-12-13-14-15-16-18-17-19/h7-8H,2-6,9-16H2,1H3/b8-7-. The van der Waals surface area contributed by atoms with Gasteiger partial charge in [-0.3, -0.25) is 0 Å². The van der Waals surface area contributed by atoms with Crippen LogP contribution in [0.1, 0.15) is 84.0 Å². The van der Waals surface area contributed by atoms with Crippen LogP contribution in [-0.4, -0.2) is 12.6 Å². The highest BCUT2D eigenvalue weighted by molar-refractivity contribution is 5.32. The summed E-state index contributed by atoms with van der Waals surface area (Å²) in [6, 6.07) is 0. The van der Waals surface area contributed by atoms with E-state index in [0.29, 0.717) is 6.54 Å². The monoisotopic (exact) mass is 265 g/mol. The van der Waals surface area contributed by atoms with E-state index in [1.54, 1.807) is 6.08 Å². The van der Waals surface area contributed by atoms with Gasteiger partial charge < -0.3 is 0 Å². The number of allylic oxidation sites excluding steroid dienone is 2. The Hall–Kier alpha value is -0.880. The molecule has 0 spiro atoms. The molecule has 110 valence electrons. The Morgan fingerprint density at radius 1 is 0.789 bits per heavy atom. The fraction of sp³-hybridized carbons (Fsp3) is 0.824. The van der Waals surface area contributed by atoms with Gasteiger partial charge in [-0.2, -0.15) is 0 Å². The lowest BCUT2D eigenvalue weighted by molar-refractivity contribution is 0.559. The van der Waals surface area contributed by atoms with E-state index in [-0.39, 0.29) is 0 Å².